The highest BCUT2D eigenvalue weighted by molar-refractivity contribution is 6.02. The fourth-order valence-electron chi connectivity index (χ4n) is 4.47. The number of hydrogen-bond acceptors (Lipinski definition) is 9. The Morgan fingerprint density at radius 3 is 2.29 bits per heavy atom. The lowest BCUT2D eigenvalue weighted by molar-refractivity contribution is -0.384. The number of morpholine rings is 1. The SMILES string of the molecule is COC(=O)c1ccc(-n2c(C)cc(C(=O)COC(=O)c3cc([N+](=O)[O-])ccc3N3CCOCC3)c2C)cc1. The highest BCUT2D eigenvalue weighted by Gasteiger charge is 2.25. The van der Waals surface area contributed by atoms with E-state index in [4.69, 9.17) is 14.2 Å². The molecule has 0 saturated carbocycles. The van der Waals surface area contributed by atoms with Crippen LogP contribution in [0.3, 0.4) is 0 Å². The van der Waals surface area contributed by atoms with Crippen LogP contribution in [-0.4, -0.2) is 67.2 Å². The number of hydrogen-bond donors (Lipinski definition) is 0. The quantitative estimate of drug-likeness (QED) is 0.189. The number of nitrogens with zero attached hydrogens (tertiary/aromatic N) is 3. The summed E-state index contributed by atoms with van der Waals surface area (Å²) in [5.41, 5.74) is 3.20. The van der Waals surface area contributed by atoms with Crippen LogP contribution in [0.25, 0.3) is 5.69 Å². The molecule has 0 unspecified atom stereocenters. The first-order valence-electron chi connectivity index (χ1n) is 11.9. The summed E-state index contributed by atoms with van der Waals surface area (Å²) in [6, 6.07) is 12.5. The molecule has 2 aromatic carbocycles. The van der Waals surface area contributed by atoms with Crippen molar-refractivity contribution < 1.29 is 33.5 Å². The van der Waals surface area contributed by atoms with Gasteiger partial charge in [-0.3, -0.25) is 14.9 Å². The molecular formula is C27H27N3O8. The number of carbonyl (C=O) groups is 3. The Morgan fingerprint density at radius 1 is 0.974 bits per heavy atom. The predicted molar refractivity (Wildman–Crippen MR) is 137 cm³/mol. The third-order valence-electron chi connectivity index (χ3n) is 6.38. The minimum Gasteiger partial charge on any atom is -0.465 e. The summed E-state index contributed by atoms with van der Waals surface area (Å²) in [6.07, 6.45) is 0. The lowest BCUT2D eigenvalue weighted by Crippen LogP contribution is -2.37. The van der Waals surface area contributed by atoms with Gasteiger partial charge in [0, 0.05) is 47.9 Å². The zero-order valence-electron chi connectivity index (χ0n) is 21.3. The first kappa shape index (κ1) is 26.6. The highest BCUT2D eigenvalue weighted by Crippen LogP contribution is 2.28. The summed E-state index contributed by atoms with van der Waals surface area (Å²) in [4.78, 5) is 50.4. The third kappa shape index (κ3) is 5.42. The van der Waals surface area contributed by atoms with E-state index in [2.05, 4.69) is 0 Å². The standard InChI is InChI=1S/C27H27N3O8/c1-17-14-22(18(2)29(17)20-6-4-19(5-7-20)26(32)36-3)25(31)16-38-27(33)23-15-21(30(34)35)8-9-24(23)28-10-12-37-13-11-28/h4-9,14-15H,10-13,16H2,1-3H3. The van der Waals surface area contributed by atoms with Crippen LogP contribution in [-0.2, 0) is 14.2 Å². The van der Waals surface area contributed by atoms with Crippen molar-refractivity contribution in [2.45, 2.75) is 13.8 Å². The lowest BCUT2D eigenvalue weighted by Gasteiger charge is -2.30. The monoisotopic (exact) mass is 521 g/mol. The minimum absolute atomic E-state index is 0.0186. The molecule has 11 nitrogen and oxygen atoms in total. The molecule has 11 heteroatoms. The zero-order chi connectivity index (χ0) is 27.4. The fraction of sp³-hybridized carbons (Fsp3) is 0.296. The number of Topliss-reactive ketones (excluding diaryl/α,β-unsaturated/α-hetero) is 1. The van der Waals surface area contributed by atoms with E-state index in [9.17, 15) is 24.5 Å². The van der Waals surface area contributed by atoms with Crippen molar-refractivity contribution in [2.75, 3.05) is 44.9 Å². The molecule has 0 amide bonds. The van der Waals surface area contributed by atoms with Crippen LogP contribution in [0.15, 0.2) is 48.5 Å². The van der Waals surface area contributed by atoms with Gasteiger partial charge in [0.15, 0.2) is 6.61 Å². The number of methoxy groups -OCH3 is 1. The second kappa shape index (κ2) is 11.3. The summed E-state index contributed by atoms with van der Waals surface area (Å²) >= 11 is 0. The Balaban J connectivity index is 1.53. The second-order valence-electron chi connectivity index (χ2n) is 8.72. The Bertz CT molecular complexity index is 1390. The van der Waals surface area contributed by atoms with Gasteiger partial charge in [0.1, 0.15) is 0 Å². The number of aromatic nitrogens is 1. The van der Waals surface area contributed by atoms with Gasteiger partial charge in [-0.15, -0.1) is 0 Å². The molecule has 0 N–H and O–H groups in total. The van der Waals surface area contributed by atoms with Gasteiger partial charge < -0.3 is 23.7 Å². The number of carbonyl (C=O) groups excluding carboxylic acids is 3. The van der Waals surface area contributed by atoms with Gasteiger partial charge in [-0.05, 0) is 50.2 Å². The minimum atomic E-state index is -0.823. The normalized spacial score (nSPS) is 13.2. The molecule has 4 rings (SSSR count). The van der Waals surface area contributed by atoms with Gasteiger partial charge >= 0.3 is 11.9 Å². The maximum atomic E-state index is 13.1. The molecule has 0 radical (unpaired) electrons. The van der Waals surface area contributed by atoms with Gasteiger partial charge in [0.2, 0.25) is 5.78 Å². The molecule has 0 aliphatic carbocycles. The number of ether oxygens (including phenoxy) is 3. The van der Waals surface area contributed by atoms with Gasteiger partial charge in [-0.1, -0.05) is 0 Å². The number of nitro groups is 1. The number of ketones is 1. The van der Waals surface area contributed by atoms with E-state index < -0.39 is 29.3 Å². The number of non-ortho nitro benzene ring substituents is 1. The Labute approximate surface area is 218 Å². The summed E-state index contributed by atoms with van der Waals surface area (Å²) in [5.74, 6) is -1.69. The number of anilines is 1. The van der Waals surface area contributed by atoms with Gasteiger partial charge in [0.05, 0.1) is 42.1 Å². The van der Waals surface area contributed by atoms with Crippen LogP contribution in [0.2, 0.25) is 0 Å². The van der Waals surface area contributed by atoms with E-state index >= 15 is 0 Å². The zero-order valence-corrected chi connectivity index (χ0v) is 21.3. The fourth-order valence-corrected chi connectivity index (χ4v) is 4.47. The number of benzene rings is 2. The lowest BCUT2D eigenvalue weighted by atomic mass is 10.1. The van der Waals surface area contributed by atoms with E-state index in [1.807, 2.05) is 16.4 Å². The van der Waals surface area contributed by atoms with Crippen molar-refractivity contribution in [3.63, 3.8) is 0 Å². The number of esters is 2. The molecule has 1 saturated heterocycles. The smallest absolute Gasteiger partial charge is 0.340 e. The van der Waals surface area contributed by atoms with Crippen molar-refractivity contribution in [3.8, 4) is 5.69 Å². The Kier molecular flexibility index (Phi) is 7.87. The molecule has 0 spiro atoms. The maximum Gasteiger partial charge on any atom is 0.340 e. The van der Waals surface area contributed by atoms with E-state index in [1.165, 1.54) is 25.3 Å². The van der Waals surface area contributed by atoms with E-state index in [0.29, 0.717) is 48.8 Å². The van der Waals surface area contributed by atoms with E-state index in [0.717, 1.165) is 11.4 Å². The largest absolute Gasteiger partial charge is 0.465 e. The summed E-state index contributed by atoms with van der Waals surface area (Å²) in [6.45, 7) is 5.04. The molecule has 3 aromatic rings. The molecule has 0 atom stereocenters. The third-order valence-corrected chi connectivity index (χ3v) is 6.38. The van der Waals surface area contributed by atoms with E-state index in [-0.39, 0.29) is 11.3 Å². The van der Waals surface area contributed by atoms with Crippen LogP contribution in [0.5, 0.6) is 0 Å². The van der Waals surface area contributed by atoms with E-state index in [1.54, 1.807) is 37.3 Å². The Hall–Kier alpha value is -4.51. The van der Waals surface area contributed by atoms with Gasteiger partial charge in [-0.25, -0.2) is 9.59 Å². The van der Waals surface area contributed by atoms with Gasteiger partial charge in [0.25, 0.3) is 5.69 Å². The summed E-state index contributed by atoms with van der Waals surface area (Å²) in [7, 11) is 1.31. The second-order valence-corrected chi connectivity index (χ2v) is 8.72. The topological polar surface area (TPSA) is 130 Å². The van der Waals surface area contributed by atoms with Crippen LogP contribution < -0.4 is 4.90 Å². The van der Waals surface area contributed by atoms with Crippen LogP contribution in [0.4, 0.5) is 11.4 Å². The van der Waals surface area contributed by atoms with Crippen molar-refractivity contribution in [1.29, 1.82) is 0 Å². The summed E-state index contributed by atoms with van der Waals surface area (Å²) in [5, 5.41) is 11.3. The Morgan fingerprint density at radius 2 is 1.66 bits per heavy atom. The molecule has 2 heterocycles. The number of rotatable bonds is 8. The van der Waals surface area contributed by atoms with Crippen molar-refractivity contribution in [1.82, 2.24) is 4.57 Å². The highest BCUT2D eigenvalue weighted by atomic mass is 16.6. The average Bonchev–Trinajstić information content (AvgIpc) is 3.24. The predicted octanol–water partition coefficient (Wildman–Crippen LogP) is 3.67. The molecule has 0 bridgehead atoms. The maximum absolute atomic E-state index is 13.1. The van der Waals surface area contributed by atoms with Crippen LogP contribution >= 0.6 is 0 Å². The summed E-state index contributed by atoms with van der Waals surface area (Å²) < 4.78 is 17.3. The first-order chi connectivity index (χ1) is 18.2. The van der Waals surface area contributed by atoms with Gasteiger partial charge in [-0.2, -0.15) is 0 Å². The molecule has 1 fully saturated rings. The molecule has 1 aliphatic heterocycles. The van der Waals surface area contributed by atoms with Crippen LogP contribution in [0.1, 0.15) is 42.5 Å². The molecule has 1 aromatic heterocycles. The molecular weight excluding hydrogens is 494 g/mol. The number of nitro benzene ring substituents is 1. The average molecular weight is 522 g/mol. The molecule has 38 heavy (non-hydrogen) atoms. The number of aryl methyl sites for hydroxylation is 1. The van der Waals surface area contributed by atoms with Crippen molar-refractivity contribution in [2.24, 2.45) is 0 Å². The van der Waals surface area contributed by atoms with Crippen molar-refractivity contribution >= 4 is 29.1 Å². The molecule has 198 valence electrons. The molecule has 1 aliphatic rings. The van der Waals surface area contributed by atoms with Crippen molar-refractivity contribution in [3.05, 3.63) is 86.7 Å². The first-order valence-corrected chi connectivity index (χ1v) is 11.9. The van der Waals surface area contributed by atoms with Crippen LogP contribution in [0, 0.1) is 24.0 Å².